The summed E-state index contributed by atoms with van der Waals surface area (Å²) < 4.78 is 22.4. The smallest absolute Gasteiger partial charge is 0.238 e. The van der Waals surface area contributed by atoms with Crippen molar-refractivity contribution >= 4 is 38.7 Å². The lowest BCUT2D eigenvalue weighted by Gasteiger charge is -2.12. The van der Waals surface area contributed by atoms with Crippen molar-refractivity contribution in [1.82, 2.24) is 0 Å². The summed E-state index contributed by atoms with van der Waals surface area (Å²) in [4.78, 5) is 0.0612. The molecule has 0 aliphatic carbocycles. The van der Waals surface area contributed by atoms with E-state index in [1.165, 1.54) is 23.3 Å². The van der Waals surface area contributed by atoms with Gasteiger partial charge in [-0.15, -0.1) is 0 Å². The van der Waals surface area contributed by atoms with E-state index in [4.69, 9.17) is 17.4 Å². The molecule has 2 rings (SSSR count). The Hall–Kier alpha value is -1.96. The van der Waals surface area contributed by atoms with Gasteiger partial charge in [0.1, 0.15) is 0 Å². The predicted octanol–water partition coefficient (Wildman–Crippen LogP) is 2.76. The van der Waals surface area contributed by atoms with Crippen LogP contribution in [0.4, 0.5) is 11.4 Å². The monoisotopic (exact) mass is 335 g/mol. The first kappa shape index (κ1) is 16.4. The molecule has 2 aromatic carbocycles. The van der Waals surface area contributed by atoms with E-state index in [0.29, 0.717) is 10.8 Å². The van der Waals surface area contributed by atoms with Crippen LogP contribution >= 0.6 is 12.2 Å². The Morgan fingerprint density at radius 3 is 2.05 bits per heavy atom. The first-order valence-electron chi connectivity index (χ1n) is 6.54. The van der Waals surface area contributed by atoms with E-state index < -0.39 is 10.0 Å². The predicted molar refractivity (Wildman–Crippen MR) is 93.6 cm³/mol. The van der Waals surface area contributed by atoms with Gasteiger partial charge in [0.2, 0.25) is 10.0 Å². The Bertz CT molecular complexity index is 800. The van der Waals surface area contributed by atoms with Crippen LogP contribution in [0.25, 0.3) is 0 Å². The zero-order chi connectivity index (χ0) is 16.3. The van der Waals surface area contributed by atoms with E-state index in [1.807, 2.05) is 32.0 Å². The highest BCUT2D eigenvalue weighted by Crippen LogP contribution is 2.16. The first-order valence-corrected chi connectivity index (χ1v) is 8.49. The number of benzene rings is 2. The fourth-order valence-corrected chi connectivity index (χ4v) is 2.59. The average Bonchev–Trinajstić information content (AvgIpc) is 2.42. The number of hydrogen-bond donors (Lipinski definition) is 3. The van der Waals surface area contributed by atoms with Crippen LogP contribution < -0.4 is 15.8 Å². The Morgan fingerprint density at radius 2 is 1.50 bits per heavy atom. The number of nitrogens with one attached hydrogen (secondary N) is 2. The summed E-state index contributed by atoms with van der Waals surface area (Å²) in [5, 5.41) is 11.5. The van der Waals surface area contributed by atoms with Gasteiger partial charge < -0.3 is 10.6 Å². The molecule has 0 unspecified atom stereocenters. The zero-order valence-electron chi connectivity index (χ0n) is 12.3. The normalized spacial score (nSPS) is 11.0. The van der Waals surface area contributed by atoms with E-state index in [2.05, 4.69) is 10.6 Å². The molecule has 22 heavy (non-hydrogen) atoms. The molecule has 5 nitrogen and oxygen atoms in total. The molecule has 0 fully saturated rings. The van der Waals surface area contributed by atoms with E-state index in [1.54, 1.807) is 12.1 Å². The third kappa shape index (κ3) is 4.27. The quantitative estimate of drug-likeness (QED) is 0.751. The molecule has 116 valence electrons. The van der Waals surface area contributed by atoms with Gasteiger partial charge in [-0.3, -0.25) is 0 Å². The van der Waals surface area contributed by atoms with Gasteiger partial charge in [-0.25, -0.2) is 13.6 Å². The second-order valence-corrected chi connectivity index (χ2v) is 6.92. The van der Waals surface area contributed by atoms with E-state index >= 15 is 0 Å². The van der Waals surface area contributed by atoms with Gasteiger partial charge in [-0.1, -0.05) is 6.07 Å². The van der Waals surface area contributed by atoms with Gasteiger partial charge in [0.25, 0.3) is 0 Å². The number of hydrogen-bond acceptors (Lipinski definition) is 3. The summed E-state index contributed by atoms with van der Waals surface area (Å²) >= 11 is 5.24. The number of anilines is 2. The Morgan fingerprint density at radius 1 is 0.955 bits per heavy atom. The van der Waals surface area contributed by atoms with Crippen molar-refractivity contribution in [3.8, 4) is 0 Å². The maximum Gasteiger partial charge on any atom is 0.238 e. The minimum Gasteiger partial charge on any atom is -0.332 e. The van der Waals surface area contributed by atoms with Crippen molar-refractivity contribution < 1.29 is 8.42 Å². The van der Waals surface area contributed by atoms with E-state index in [9.17, 15) is 8.42 Å². The molecule has 2 aromatic rings. The molecule has 0 radical (unpaired) electrons. The van der Waals surface area contributed by atoms with Gasteiger partial charge in [0.15, 0.2) is 5.11 Å². The van der Waals surface area contributed by atoms with Gasteiger partial charge in [-0.2, -0.15) is 0 Å². The molecule has 0 amide bonds. The summed E-state index contributed by atoms with van der Waals surface area (Å²) in [6.07, 6.45) is 0. The Labute approximate surface area is 135 Å². The molecular formula is C15H17N3O2S2. The molecule has 0 spiro atoms. The van der Waals surface area contributed by atoms with Crippen LogP contribution in [-0.4, -0.2) is 13.5 Å². The molecule has 0 aliphatic heterocycles. The minimum absolute atomic E-state index is 0.0612. The van der Waals surface area contributed by atoms with Crippen LogP contribution in [0.2, 0.25) is 0 Å². The molecular weight excluding hydrogens is 318 g/mol. The molecule has 0 heterocycles. The van der Waals surface area contributed by atoms with Gasteiger partial charge in [0.05, 0.1) is 4.90 Å². The Balaban J connectivity index is 2.04. The van der Waals surface area contributed by atoms with Crippen molar-refractivity contribution in [3.63, 3.8) is 0 Å². The standard InChI is InChI=1S/C15H17N3O2S2/c1-10-3-4-13(9-11(10)2)18-15(21)17-12-5-7-14(8-6-12)22(16,19)20/h3-9H,1-2H3,(H2,16,19,20)(H2,17,18,21). The van der Waals surface area contributed by atoms with Crippen molar-refractivity contribution in [2.75, 3.05) is 10.6 Å². The lowest BCUT2D eigenvalue weighted by Crippen LogP contribution is -2.19. The summed E-state index contributed by atoms with van der Waals surface area (Å²) in [5.74, 6) is 0. The van der Waals surface area contributed by atoms with Crippen LogP contribution in [0.15, 0.2) is 47.4 Å². The molecule has 0 aromatic heterocycles. The molecule has 0 atom stereocenters. The van der Waals surface area contributed by atoms with Crippen molar-refractivity contribution in [2.45, 2.75) is 18.7 Å². The molecule has 0 bridgehead atoms. The summed E-state index contributed by atoms with van der Waals surface area (Å²) in [5.41, 5.74) is 3.95. The molecule has 0 saturated heterocycles. The number of aryl methyl sites for hydroxylation is 2. The number of thiocarbonyl (C=S) groups is 1. The summed E-state index contributed by atoms with van der Waals surface area (Å²) in [6, 6.07) is 12.0. The van der Waals surface area contributed by atoms with Crippen LogP contribution in [0.3, 0.4) is 0 Å². The van der Waals surface area contributed by atoms with Gasteiger partial charge >= 0.3 is 0 Å². The van der Waals surface area contributed by atoms with Crippen molar-refractivity contribution in [2.24, 2.45) is 5.14 Å². The maximum atomic E-state index is 11.2. The second-order valence-electron chi connectivity index (χ2n) is 4.95. The van der Waals surface area contributed by atoms with Crippen LogP contribution in [0.5, 0.6) is 0 Å². The van der Waals surface area contributed by atoms with Crippen LogP contribution in [0.1, 0.15) is 11.1 Å². The number of rotatable bonds is 3. The largest absolute Gasteiger partial charge is 0.332 e. The number of sulfonamides is 1. The fourth-order valence-electron chi connectivity index (χ4n) is 1.84. The minimum atomic E-state index is -3.68. The van der Waals surface area contributed by atoms with Gasteiger partial charge in [0, 0.05) is 11.4 Å². The van der Waals surface area contributed by atoms with Gasteiger partial charge in [-0.05, 0) is 73.6 Å². The number of primary sulfonamides is 1. The fraction of sp³-hybridized carbons (Fsp3) is 0.133. The molecule has 0 aliphatic rings. The lowest BCUT2D eigenvalue weighted by atomic mass is 10.1. The summed E-state index contributed by atoms with van der Waals surface area (Å²) in [7, 11) is -3.68. The Kier molecular flexibility index (Phi) is 4.80. The molecule has 7 heteroatoms. The third-order valence-electron chi connectivity index (χ3n) is 3.21. The highest BCUT2D eigenvalue weighted by Gasteiger charge is 2.07. The highest BCUT2D eigenvalue weighted by atomic mass is 32.2. The van der Waals surface area contributed by atoms with Crippen LogP contribution in [0, 0.1) is 13.8 Å². The molecule has 4 N–H and O–H groups in total. The third-order valence-corrected chi connectivity index (χ3v) is 4.34. The van der Waals surface area contributed by atoms with Crippen LogP contribution in [-0.2, 0) is 10.0 Å². The van der Waals surface area contributed by atoms with E-state index in [0.717, 1.165) is 5.69 Å². The highest BCUT2D eigenvalue weighted by molar-refractivity contribution is 7.89. The van der Waals surface area contributed by atoms with Crippen molar-refractivity contribution in [1.29, 1.82) is 0 Å². The first-order chi connectivity index (χ1) is 10.3. The zero-order valence-corrected chi connectivity index (χ0v) is 13.9. The second kappa shape index (κ2) is 6.43. The SMILES string of the molecule is Cc1ccc(NC(=S)Nc2ccc(S(N)(=O)=O)cc2)cc1C. The lowest BCUT2D eigenvalue weighted by molar-refractivity contribution is 0.598. The average molecular weight is 335 g/mol. The van der Waals surface area contributed by atoms with Crippen molar-refractivity contribution in [3.05, 3.63) is 53.6 Å². The number of nitrogens with two attached hydrogens (primary N) is 1. The maximum absolute atomic E-state index is 11.2. The summed E-state index contributed by atoms with van der Waals surface area (Å²) in [6.45, 7) is 4.08. The van der Waals surface area contributed by atoms with E-state index in [-0.39, 0.29) is 4.90 Å². The topological polar surface area (TPSA) is 84.2 Å². The molecule has 0 saturated carbocycles.